The van der Waals surface area contributed by atoms with Gasteiger partial charge in [-0.15, -0.1) is 24.0 Å². The molecule has 0 aromatic heterocycles. The molecular weight excluding hydrogens is 450 g/mol. The van der Waals surface area contributed by atoms with Crippen LogP contribution in [0.15, 0.2) is 4.99 Å². The number of nitrogens with one attached hydrogen (secondary N) is 1. The van der Waals surface area contributed by atoms with Crippen molar-refractivity contribution < 1.29 is 22.7 Å². The summed E-state index contributed by atoms with van der Waals surface area (Å²) in [5.41, 5.74) is 0. The Hall–Kier alpha value is -0.740. The molecule has 0 saturated carbocycles. The average Bonchev–Trinajstić information content (AvgIpc) is 2.53. The standard InChI is InChI=1S/C16H28F3N3O2.HI/c1-3-20-15(21-10-6-5-9-16(17,18)19)22-11-7-13(8-12-22)14(23)24-4-2;/h13H,3-12H2,1-2H3,(H,20,21);1H. The molecule has 25 heavy (non-hydrogen) atoms. The highest BCUT2D eigenvalue weighted by Gasteiger charge is 2.27. The fourth-order valence-electron chi connectivity index (χ4n) is 2.64. The molecule has 0 amide bonds. The number of guanidine groups is 1. The van der Waals surface area contributed by atoms with E-state index in [-0.39, 0.29) is 42.3 Å². The quantitative estimate of drug-likeness (QED) is 0.200. The summed E-state index contributed by atoms with van der Waals surface area (Å²) in [5, 5.41) is 3.17. The molecule has 0 unspecified atom stereocenters. The monoisotopic (exact) mass is 479 g/mol. The molecule has 1 fully saturated rings. The third-order valence-corrected chi connectivity index (χ3v) is 3.88. The maximum Gasteiger partial charge on any atom is 0.389 e. The number of rotatable bonds is 7. The second-order valence-electron chi connectivity index (χ2n) is 5.82. The highest BCUT2D eigenvalue weighted by atomic mass is 127. The molecule has 1 heterocycles. The van der Waals surface area contributed by atoms with Gasteiger partial charge in [0, 0.05) is 32.6 Å². The Morgan fingerprint density at radius 2 is 1.88 bits per heavy atom. The molecule has 1 aliphatic heterocycles. The van der Waals surface area contributed by atoms with Crippen LogP contribution < -0.4 is 5.32 Å². The number of piperidine rings is 1. The molecule has 9 heteroatoms. The number of hydrogen-bond acceptors (Lipinski definition) is 3. The second kappa shape index (κ2) is 12.6. The maximum atomic E-state index is 12.1. The van der Waals surface area contributed by atoms with Crippen LogP contribution in [-0.4, -0.2) is 55.8 Å². The number of hydrogen-bond donors (Lipinski definition) is 1. The number of aliphatic imine (C=N–C) groups is 1. The number of halogens is 4. The SMILES string of the molecule is CCNC(=NCCCCC(F)(F)F)N1CCC(C(=O)OCC)CC1.I. The van der Waals surface area contributed by atoms with Crippen LogP contribution in [0.4, 0.5) is 13.2 Å². The van der Waals surface area contributed by atoms with Crippen molar-refractivity contribution >= 4 is 35.9 Å². The van der Waals surface area contributed by atoms with Crippen LogP contribution in [0, 0.1) is 5.92 Å². The van der Waals surface area contributed by atoms with E-state index < -0.39 is 12.6 Å². The van der Waals surface area contributed by atoms with Crippen molar-refractivity contribution in [2.75, 3.05) is 32.8 Å². The molecule has 1 rings (SSSR count). The Balaban J connectivity index is 0.00000576. The van der Waals surface area contributed by atoms with E-state index in [1.54, 1.807) is 6.92 Å². The number of ether oxygens (including phenoxy) is 1. The topological polar surface area (TPSA) is 53.9 Å². The summed E-state index contributed by atoms with van der Waals surface area (Å²) in [4.78, 5) is 18.2. The van der Waals surface area contributed by atoms with Gasteiger partial charge in [-0.3, -0.25) is 9.79 Å². The molecule has 1 N–H and O–H groups in total. The van der Waals surface area contributed by atoms with Crippen molar-refractivity contribution in [1.82, 2.24) is 10.2 Å². The molecule has 0 radical (unpaired) electrons. The van der Waals surface area contributed by atoms with Gasteiger partial charge in [-0.05, 0) is 39.5 Å². The van der Waals surface area contributed by atoms with Gasteiger partial charge in [-0.1, -0.05) is 0 Å². The lowest BCUT2D eigenvalue weighted by Crippen LogP contribution is -2.46. The summed E-state index contributed by atoms with van der Waals surface area (Å²) in [7, 11) is 0. The van der Waals surface area contributed by atoms with E-state index in [1.807, 2.05) is 6.92 Å². The van der Waals surface area contributed by atoms with E-state index in [1.165, 1.54) is 0 Å². The van der Waals surface area contributed by atoms with Gasteiger partial charge >= 0.3 is 12.1 Å². The fourth-order valence-corrected chi connectivity index (χ4v) is 2.64. The highest BCUT2D eigenvalue weighted by molar-refractivity contribution is 14.0. The number of carbonyl (C=O) groups is 1. The molecule has 0 atom stereocenters. The lowest BCUT2D eigenvalue weighted by molar-refractivity contribution is -0.149. The van der Waals surface area contributed by atoms with Crippen molar-refractivity contribution in [2.45, 2.75) is 52.1 Å². The third-order valence-electron chi connectivity index (χ3n) is 3.88. The Morgan fingerprint density at radius 3 is 2.40 bits per heavy atom. The lowest BCUT2D eigenvalue weighted by Gasteiger charge is -2.33. The maximum absolute atomic E-state index is 12.1. The predicted molar refractivity (Wildman–Crippen MR) is 102 cm³/mol. The summed E-state index contributed by atoms with van der Waals surface area (Å²) in [6.07, 6.45) is -2.94. The van der Waals surface area contributed by atoms with Crippen LogP contribution in [-0.2, 0) is 9.53 Å². The van der Waals surface area contributed by atoms with Crippen LogP contribution in [0.3, 0.4) is 0 Å². The summed E-state index contributed by atoms with van der Waals surface area (Å²) < 4.78 is 41.4. The Bertz CT molecular complexity index is 412. The number of carbonyl (C=O) groups excluding carboxylic acids is 1. The van der Waals surface area contributed by atoms with Gasteiger partial charge in [0.05, 0.1) is 12.5 Å². The molecule has 1 saturated heterocycles. The van der Waals surface area contributed by atoms with E-state index in [9.17, 15) is 18.0 Å². The molecule has 0 bridgehead atoms. The zero-order chi connectivity index (χ0) is 18.0. The van der Waals surface area contributed by atoms with Crippen molar-refractivity contribution in [3.63, 3.8) is 0 Å². The number of likely N-dealkylation sites (tertiary alicyclic amines) is 1. The largest absolute Gasteiger partial charge is 0.466 e. The highest BCUT2D eigenvalue weighted by Crippen LogP contribution is 2.22. The van der Waals surface area contributed by atoms with Gasteiger partial charge in [0.2, 0.25) is 0 Å². The fraction of sp³-hybridized carbons (Fsp3) is 0.875. The molecule has 148 valence electrons. The van der Waals surface area contributed by atoms with Crippen LogP contribution >= 0.6 is 24.0 Å². The molecule has 0 spiro atoms. The second-order valence-corrected chi connectivity index (χ2v) is 5.82. The summed E-state index contributed by atoms with van der Waals surface area (Å²) >= 11 is 0. The first-order valence-electron chi connectivity index (χ1n) is 8.64. The van der Waals surface area contributed by atoms with Gasteiger partial charge in [0.25, 0.3) is 0 Å². The van der Waals surface area contributed by atoms with E-state index >= 15 is 0 Å². The summed E-state index contributed by atoms with van der Waals surface area (Å²) in [6, 6.07) is 0. The summed E-state index contributed by atoms with van der Waals surface area (Å²) in [5.74, 6) is 0.494. The van der Waals surface area contributed by atoms with Gasteiger partial charge in [-0.25, -0.2) is 0 Å². The average molecular weight is 479 g/mol. The van der Waals surface area contributed by atoms with E-state index in [4.69, 9.17) is 4.74 Å². The predicted octanol–water partition coefficient (Wildman–Crippen LogP) is 3.58. The zero-order valence-corrected chi connectivity index (χ0v) is 17.2. The van der Waals surface area contributed by atoms with Crippen molar-refractivity contribution in [2.24, 2.45) is 10.9 Å². The number of nitrogens with zero attached hydrogens (tertiary/aromatic N) is 2. The van der Waals surface area contributed by atoms with Crippen molar-refractivity contribution in [3.8, 4) is 0 Å². The molecule has 1 aliphatic rings. The van der Waals surface area contributed by atoms with Gasteiger partial charge in [0.1, 0.15) is 0 Å². The Kier molecular flexibility index (Phi) is 12.2. The van der Waals surface area contributed by atoms with E-state index in [2.05, 4.69) is 15.2 Å². The van der Waals surface area contributed by atoms with Crippen LogP contribution in [0.1, 0.15) is 46.0 Å². The van der Waals surface area contributed by atoms with Crippen LogP contribution in [0.25, 0.3) is 0 Å². The normalized spacial score (nSPS) is 16.4. The van der Waals surface area contributed by atoms with Gasteiger partial charge in [-0.2, -0.15) is 13.2 Å². The molecular formula is C16H29F3IN3O2. The zero-order valence-electron chi connectivity index (χ0n) is 14.9. The number of alkyl halides is 3. The van der Waals surface area contributed by atoms with Crippen LogP contribution in [0.2, 0.25) is 0 Å². The van der Waals surface area contributed by atoms with E-state index in [0.29, 0.717) is 58.0 Å². The first-order chi connectivity index (χ1) is 11.4. The smallest absolute Gasteiger partial charge is 0.389 e. The first kappa shape index (κ1) is 24.3. The minimum Gasteiger partial charge on any atom is -0.466 e. The Morgan fingerprint density at radius 1 is 1.24 bits per heavy atom. The minimum absolute atomic E-state index is 0. The summed E-state index contributed by atoms with van der Waals surface area (Å²) in [6.45, 7) is 6.58. The Labute approximate surface area is 164 Å². The van der Waals surface area contributed by atoms with Gasteiger partial charge in [0.15, 0.2) is 5.96 Å². The third kappa shape index (κ3) is 10.1. The number of esters is 1. The molecule has 0 aromatic rings. The molecule has 0 aliphatic carbocycles. The van der Waals surface area contributed by atoms with Crippen LogP contribution in [0.5, 0.6) is 0 Å². The number of unbranched alkanes of at least 4 members (excludes halogenated alkanes) is 1. The lowest BCUT2D eigenvalue weighted by atomic mass is 9.97. The first-order valence-corrected chi connectivity index (χ1v) is 8.64. The minimum atomic E-state index is -4.09. The van der Waals surface area contributed by atoms with Crippen molar-refractivity contribution in [1.29, 1.82) is 0 Å². The molecule has 5 nitrogen and oxygen atoms in total. The molecule has 0 aromatic carbocycles. The van der Waals surface area contributed by atoms with Crippen molar-refractivity contribution in [3.05, 3.63) is 0 Å². The van der Waals surface area contributed by atoms with E-state index in [0.717, 1.165) is 0 Å². The van der Waals surface area contributed by atoms with Gasteiger partial charge < -0.3 is 15.0 Å².